The molecule has 0 fully saturated rings. The van der Waals surface area contributed by atoms with Crippen LogP contribution in [0.5, 0.6) is 0 Å². The van der Waals surface area contributed by atoms with E-state index >= 15 is 0 Å². The Bertz CT molecular complexity index is 1050. The summed E-state index contributed by atoms with van der Waals surface area (Å²) in [5, 5.41) is 21.2. The summed E-state index contributed by atoms with van der Waals surface area (Å²) in [5.41, 5.74) is 7.68. The molecule has 0 aliphatic rings. The summed E-state index contributed by atoms with van der Waals surface area (Å²) in [6.07, 6.45) is 0. The summed E-state index contributed by atoms with van der Waals surface area (Å²) in [6.45, 7) is 5.97. The molecule has 0 bridgehead atoms. The van der Waals surface area contributed by atoms with Gasteiger partial charge in [-0.15, -0.1) is 0 Å². The van der Waals surface area contributed by atoms with E-state index in [0.29, 0.717) is 22.9 Å². The molecule has 1 aromatic heterocycles. The van der Waals surface area contributed by atoms with Gasteiger partial charge in [0.1, 0.15) is 5.82 Å². The number of carbonyl (C=O) groups excluding carboxylic acids is 1. The van der Waals surface area contributed by atoms with Crippen LogP contribution in [0, 0.1) is 10.1 Å². The SMILES string of the molecule is CC(C)(C)c1cc(NC(=O)Nc2ccc(N)cc2)n(-c2cccc([N+](=O)[O-])c2)n1. The Labute approximate surface area is 167 Å². The number of carbonyl (C=O) groups is 1. The lowest BCUT2D eigenvalue weighted by atomic mass is 9.92. The van der Waals surface area contributed by atoms with Gasteiger partial charge in [-0.05, 0) is 30.3 Å². The summed E-state index contributed by atoms with van der Waals surface area (Å²) < 4.78 is 1.48. The molecule has 0 atom stereocenters. The van der Waals surface area contributed by atoms with Crippen LogP contribution in [0.1, 0.15) is 26.5 Å². The molecule has 1 heterocycles. The molecule has 2 aromatic carbocycles. The van der Waals surface area contributed by atoms with Crippen LogP contribution in [-0.4, -0.2) is 20.7 Å². The van der Waals surface area contributed by atoms with Crippen LogP contribution >= 0.6 is 0 Å². The molecule has 2 amide bonds. The van der Waals surface area contributed by atoms with Gasteiger partial charge < -0.3 is 11.1 Å². The number of nitro benzene ring substituents is 1. The van der Waals surface area contributed by atoms with Crippen molar-refractivity contribution in [3.05, 3.63) is 70.4 Å². The van der Waals surface area contributed by atoms with E-state index in [1.54, 1.807) is 42.5 Å². The highest BCUT2D eigenvalue weighted by molar-refractivity contribution is 5.99. The molecule has 150 valence electrons. The summed E-state index contributed by atoms with van der Waals surface area (Å²) in [7, 11) is 0. The molecular weight excluding hydrogens is 372 g/mol. The molecule has 4 N–H and O–H groups in total. The summed E-state index contributed by atoms with van der Waals surface area (Å²) in [5.74, 6) is 0.392. The van der Waals surface area contributed by atoms with E-state index in [-0.39, 0.29) is 11.1 Å². The van der Waals surface area contributed by atoms with E-state index < -0.39 is 11.0 Å². The number of urea groups is 1. The number of rotatable bonds is 4. The van der Waals surface area contributed by atoms with E-state index in [0.717, 1.165) is 5.69 Å². The highest BCUT2D eigenvalue weighted by Crippen LogP contribution is 2.27. The number of anilines is 3. The molecule has 0 aliphatic carbocycles. The number of nitrogen functional groups attached to an aromatic ring is 1. The minimum atomic E-state index is -0.474. The number of non-ortho nitro benzene ring substituents is 1. The Kier molecular flexibility index (Phi) is 5.22. The quantitative estimate of drug-likeness (QED) is 0.345. The van der Waals surface area contributed by atoms with Gasteiger partial charge in [-0.1, -0.05) is 26.8 Å². The maximum absolute atomic E-state index is 12.5. The van der Waals surface area contributed by atoms with Crippen molar-refractivity contribution >= 4 is 28.9 Å². The normalized spacial score (nSPS) is 11.1. The molecule has 0 saturated carbocycles. The lowest BCUT2D eigenvalue weighted by Crippen LogP contribution is -2.21. The van der Waals surface area contributed by atoms with Crippen LogP contribution in [0.4, 0.5) is 27.7 Å². The predicted octanol–water partition coefficient (Wildman–Crippen LogP) is 4.30. The van der Waals surface area contributed by atoms with Crippen LogP contribution < -0.4 is 16.4 Å². The minimum Gasteiger partial charge on any atom is -0.399 e. The molecular formula is C20H22N6O3. The molecule has 0 spiro atoms. The van der Waals surface area contributed by atoms with Crippen molar-refractivity contribution in [1.82, 2.24) is 9.78 Å². The largest absolute Gasteiger partial charge is 0.399 e. The molecule has 9 heteroatoms. The zero-order chi connectivity index (χ0) is 21.2. The Morgan fingerprint density at radius 1 is 1.10 bits per heavy atom. The average Bonchev–Trinajstić information content (AvgIpc) is 3.08. The highest BCUT2D eigenvalue weighted by Gasteiger charge is 2.22. The minimum absolute atomic E-state index is 0.0624. The zero-order valence-corrected chi connectivity index (χ0v) is 16.3. The number of nitro groups is 1. The van der Waals surface area contributed by atoms with Crippen molar-refractivity contribution in [3.8, 4) is 5.69 Å². The lowest BCUT2D eigenvalue weighted by Gasteiger charge is -2.14. The maximum atomic E-state index is 12.5. The molecule has 0 saturated heterocycles. The van der Waals surface area contributed by atoms with E-state index in [2.05, 4.69) is 15.7 Å². The predicted molar refractivity (Wildman–Crippen MR) is 112 cm³/mol. The number of nitrogens with one attached hydrogen (secondary N) is 2. The Balaban J connectivity index is 1.93. The van der Waals surface area contributed by atoms with Crippen LogP contribution in [-0.2, 0) is 5.41 Å². The molecule has 3 aromatic rings. The fourth-order valence-corrected chi connectivity index (χ4v) is 2.62. The fraction of sp³-hybridized carbons (Fsp3) is 0.200. The fourth-order valence-electron chi connectivity index (χ4n) is 2.62. The smallest absolute Gasteiger partial charge is 0.324 e. The average molecular weight is 394 g/mol. The van der Waals surface area contributed by atoms with Crippen LogP contribution in [0.25, 0.3) is 5.69 Å². The molecule has 0 aliphatic heterocycles. The number of benzene rings is 2. The first-order chi connectivity index (χ1) is 13.6. The number of nitrogens with zero attached hydrogens (tertiary/aromatic N) is 3. The van der Waals surface area contributed by atoms with Crippen molar-refractivity contribution in [2.45, 2.75) is 26.2 Å². The standard InChI is InChI=1S/C20H22N6O3/c1-20(2,3)17-12-18(23-19(27)22-14-9-7-13(21)8-10-14)25(24-17)15-5-4-6-16(11-15)26(28)29/h4-12H,21H2,1-3H3,(H2,22,23,27). The first-order valence-electron chi connectivity index (χ1n) is 8.92. The van der Waals surface area contributed by atoms with Gasteiger partial charge in [0.15, 0.2) is 0 Å². The number of aromatic nitrogens is 2. The highest BCUT2D eigenvalue weighted by atomic mass is 16.6. The van der Waals surface area contributed by atoms with Crippen molar-refractivity contribution in [2.24, 2.45) is 0 Å². The van der Waals surface area contributed by atoms with Crippen LogP contribution in [0.15, 0.2) is 54.6 Å². The number of nitrogens with two attached hydrogens (primary N) is 1. The lowest BCUT2D eigenvalue weighted by molar-refractivity contribution is -0.384. The summed E-state index contributed by atoms with van der Waals surface area (Å²) in [4.78, 5) is 23.1. The van der Waals surface area contributed by atoms with Gasteiger partial charge >= 0.3 is 6.03 Å². The van der Waals surface area contributed by atoms with E-state index in [9.17, 15) is 14.9 Å². The van der Waals surface area contributed by atoms with Gasteiger partial charge in [0, 0.05) is 35.0 Å². The Morgan fingerprint density at radius 2 is 1.79 bits per heavy atom. The van der Waals surface area contributed by atoms with Gasteiger partial charge in [0.2, 0.25) is 0 Å². The van der Waals surface area contributed by atoms with Crippen molar-refractivity contribution in [3.63, 3.8) is 0 Å². The molecule has 29 heavy (non-hydrogen) atoms. The maximum Gasteiger partial charge on any atom is 0.324 e. The second kappa shape index (κ2) is 7.63. The van der Waals surface area contributed by atoms with Crippen molar-refractivity contribution in [1.29, 1.82) is 0 Å². The van der Waals surface area contributed by atoms with Gasteiger partial charge in [0.05, 0.1) is 16.3 Å². The first kappa shape index (κ1) is 19.9. The van der Waals surface area contributed by atoms with E-state index in [4.69, 9.17) is 5.73 Å². The van der Waals surface area contributed by atoms with Crippen molar-refractivity contribution in [2.75, 3.05) is 16.4 Å². The molecule has 9 nitrogen and oxygen atoms in total. The van der Waals surface area contributed by atoms with Crippen LogP contribution in [0.2, 0.25) is 0 Å². The second-order valence-electron chi connectivity index (χ2n) is 7.55. The molecule has 3 rings (SSSR count). The van der Waals surface area contributed by atoms with Crippen molar-refractivity contribution < 1.29 is 9.72 Å². The Hall–Kier alpha value is -3.88. The summed E-state index contributed by atoms with van der Waals surface area (Å²) in [6, 6.07) is 14.1. The Morgan fingerprint density at radius 3 is 2.41 bits per heavy atom. The second-order valence-corrected chi connectivity index (χ2v) is 7.55. The first-order valence-corrected chi connectivity index (χ1v) is 8.92. The third kappa shape index (κ3) is 4.70. The van der Waals surface area contributed by atoms with E-state index in [1.165, 1.54) is 16.8 Å². The zero-order valence-electron chi connectivity index (χ0n) is 16.3. The van der Waals surface area contributed by atoms with Gasteiger partial charge in [-0.2, -0.15) is 5.10 Å². The molecule has 0 radical (unpaired) electrons. The third-order valence-electron chi connectivity index (χ3n) is 4.17. The number of hydrogen-bond acceptors (Lipinski definition) is 5. The topological polar surface area (TPSA) is 128 Å². The third-order valence-corrected chi connectivity index (χ3v) is 4.17. The summed E-state index contributed by atoms with van der Waals surface area (Å²) >= 11 is 0. The molecule has 0 unspecified atom stereocenters. The monoisotopic (exact) mass is 394 g/mol. The van der Waals surface area contributed by atoms with E-state index in [1.807, 2.05) is 20.8 Å². The van der Waals surface area contributed by atoms with Gasteiger partial charge in [0.25, 0.3) is 5.69 Å². The van der Waals surface area contributed by atoms with Gasteiger partial charge in [-0.25, -0.2) is 9.48 Å². The number of amides is 2. The van der Waals surface area contributed by atoms with Gasteiger partial charge in [-0.3, -0.25) is 15.4 Å². The van der Waals surface area contributed by atoms with Crippen LogP contribution in [0.3, 0.4) is 0 Å². The number of hydrogen-bond donors (Lipinski definition) is 3.